The quantitative estimate of drug-likeness (QED) is 0.440. The van der Waals surface area contributed by atoms with Crippen LogP contribution in [0, 0.1) is 12.7 Å². The molecule has 0 bridgehead atoms. The van der Waals surface area contributed by atoms with Gasteiger partial charge >= 0.3 is 0 Å². The molecule has 1 N–H and O–H groups in total. The Hall–Kier alpha value is -3.13. The minimum atomic E-state index is -0.274. The van der Waals surface area contributed by atoms with Crippen LogP contribution in [0.2, 0.25) is 0 Å². The van der Waals surface area contributed by atoms with Gasteiger partial charge in [0, 0.05) is 42.7 Å². The Morgan fingerprint density at radius 3 is 2.42 bits per heavy atom. The highest BCUT2D eigenvalue weighted by Crippen LogP contribution is 2.32. The van der Waals surface area contributed by atoms with Crippen molar-refractivity contribution in [2.24, 2.45) is 0 Å². The first-order valence-electron chi connectivity index (χ1n) is 11.0. The van der Waals surface area contributed by atoms with Gasteiger partial charge in [-0.15, -0.1) is 0 Å². The number of carbonyl (C=O) groups excluding carboxylic acids is 1. The number of rotatable bonds is 6. The summed E-state index contributed by atoms with van der Waals surface area (Å²) >= 11 is 1.48. The first-order chi connectivity index (χ1) is 15.9. The van der Waals surface area contributed by atoms with Crippen molar-refractivity contribution in [1.29, 1.82) is 0 Å². The Labute approximate surface area is 196 Å². The number of hydrogen-bond donors (Lipinski definition) is 1. The average molecular weight is 467 g/mol. The van der Waals surface area contributed by atoms with Crippen molar-refractivity contribution < 1.29 is 9.18 Å². The maximum absolute atomic E-state index is 14.0. The summed E-state index contributed by atoms with van der Waals surface area (Å²) in [5, 5.41) is 0.676. The van der Waals surface area contributed by atoms with Crippen LogP contribution in [0.1, 0.15) is 29.0 Å². The lowest BCUT2D eigenvalue weighted by Crippen LogP contribution is -2.49. The molecule has 1 unspecified atom stereocenters. The number of aromatic amines is 1. The Balaban J connectivity index is 1.38. The van der Waals surface area contributed by atoms with Gasteiger partial charge in [-0.25, -0.2) is 9.37 Å². The third kappa shape index (κ3) is 5.45. The molecule has 0 saturated carbocycles. The van der Waals surface area contributed by atoms with E-state index in [0.717, 1.165) is 5.56 Å². The third-order valence-electron chi connectivity index (χ3n) is 5.91. The first-order valence-corrected chi connectivity index (χ1v) is 11.9. The summed E-state index contributed by atoms with van der Waals surface area (Å²) in [6, 6.07) is 16.7. The summed E-state index contributed by atoms with van der Waals surface area (Å²) in [6.07, 6.45) is 0.00699. The predicted molar refractivity (Wildman–Crippen MR) is 129 cm³/mol. The molecule has 33 heavy (non-hydrogen) atoms. The van der Waals surface area contributed by atoms with Crippen molar-refractivity contribution in [3.63, 3.8) is 0 Å². The molecule has 4 rings (SSSR count). The number of nitrogens with one attached hydrogen (secondary N) is 1. The topological polar surface area (TPSA) is 69.3 Å². The third-order valence-corrected chi connectivity index (χ3v) is 6.95. The number of benzene rings is 2. The number of piperazine rings is 1. The van der Waals surface area contributed by atoms with Crippen LogP contribution in [0.15, 0.2) is 64.5 Å². The molecule has 172 valence electrons. The fraction of sp³-hybridized carbons (Fsp3) is 0.320. The molecule has 6 nitrogen and oxygen atoms in total. The molecule has 0 aliphatic carbocycles. The standard InChI is InChI=1S/C25H27FN4O2S/c1-17-20(24(32)28-25(27-17)33-18(2)19-8-4-3-5-9-19)16-23(31)30-14-12-29(13-15-30)22-11-7-6-10-21(22)26/h3-11,18H,12-16H2,1-2H3,(H,27,28,32). The zero-order chi connectivity index (χ0) is 23.4. The molecule has 1 fully saturated rings. The van der Waals surface area contributed by atoms with Gasteiger partial charge in [-0.3, -0.25) is 9.59 Å². The van der Waals surface area contributed by atoms with Gasteiger partial charge in [0.2, 0.25) is 5.91 Å². The highest BCUT2D eigenvalue weighted by Gasteiger charge is 2.24. The minimum absolute atomic E-state index is 0.00699. The summed E-state index contributed by atoms with van der Waals surface area (Å²) in [5.41, 5.74) is 2.40. The maximum Gasteiger partial charge on any atom is 0.255 e. The maximum atomic E-state index is 14.0. The number of thioether (sulfide) groups is 1. The van der Waals surface area contributed by atoms with E-state index in [1.165, 1.54) is 17.8 Å². The molecule has 2 heterocycles. The smallest absolute Gasteiger partial charge is 0.255 e. The minimum Gasteiger partial charge on any atom is -0.366 e. The van der Waals surface area contributed by atoms with Gasteiger partial charge in [-0.05, 0) is 31.5 Å². The molecule has 1 saturated heterocycles. The second kappa shape index (κ2) is 10.2. The average Bonchev–Trinajstić information content (AvgIpc) is 2.82. The fourth-order valence-electron chi connectivity index (χ4n) is 3.98. The lowest BCUT2D eigenvalue weighted by molar-refractivity contribution is -0.130. The summed E-state index contributed by atoms with van der Waals surface area (Å²) in [4.78, 5) is 36.7. The monoisotopic (exact) mass is 466 g/mol. The SMILES string of the molecule is Cc1nc(SC(C)c2ccccc2)[nH]c(=O)c1CC(=O)N1CCN(c2ccccc2F)CC1. The number of amides is 1. The van der Waals surface area contributed by atoms with Crippen LogP contribution in [0.3, 0.4) is 0 Å². The number of carbonyl (C=O) groups is 1. The van der Waals surface area contributed by atoms with E-state index in [-0.39, 0.29) is 29.0 Å². The molecule has 1 aliphatic heterocycles. The summed E-state index contributed by atoms with van der Waals surface area (Å²) in [6.45, 7) is 5.90. The number of para-hydroxylation sites is 1. The number of anilines is 1. The van der Waals surface area contributed by atoms with Crippen LogP contribution in [-0.2, 0) is 11.2 Å². The van der Waals surface area contributed by atoms with Gasteiger partial charge in [0.1, 0.15) is 5.82 Å². The summed E-state index contributed by atoms with van der Waals surface area (Å²) < 4.78 is 14.0. The number of aryl methyl sites for hydroxylation is 1. The van der Waals surface area contributed by atoms with E-state index in [1.54, 1.807) is 30.0 Å². The zero-order valence-corrected chi connectivity index (χ0v) is 19.6. The van der Waals surface area contributed by atoms with Crippen LogP contribution in [-0.4, -0.2) is 47.0 Å². The predicted octanol–water partition coefficient (Wildman–Crippen LogP) is 3.96. The van der Waals surface area contributed by atoms with E-state index < -0.39 is 0 Å². The van der Waals surface area contributed by atoms with E-state index >= 15 is 0 Å². The number of halogens is 1. The Bertz CT molecular complexity index is 1180. The number of nitrogens with zero attached hydrogens (tertiary/aromatic N) is 3. The lowest BCUT2D eigenvalue weighted by atomic mass is 10.1. The van der Waals surface area contributed by atoms with Crippen molar-refractivity contribution in [2.45, 2.75) is 30.7 Å². The van der Waals surface area contributed by atoms with Crippen molar-refractivity contribution >= 4 is 23.4 Å². The number of H-pyrrole nitrogens is 1. The largest absolute Gasteiger partial charge is 0.366 e. The van der Waals surface area contributed by atoms with Crippen LogP contribution >= 0.6 is 11.8 Å². The second-order valence-electron chi connectivity index (χ2n) is 8.10. The zero-order valence-electron chi connectivity index (χ0n) is 18.8. The van der Waals surface area contributed by atoms with E-state index in [9.17, 15) is 14.0 Å². The van der Waals surface area contributed by atoms with Crippen molar-refractivity contribution in [3.8, 4) is 0 Å². The number of hydrogen-bond acceptors (Lipinski definition) is 5. The Kier molecular flexibility index (Phi) is 7.13. The van der Waals surface area contributed by atoms with E-state index in [1.807, 2.05) is 35.2 Å². The van der Waals surface area contributed by atoms with Crippen LogP contribution in [0.25, 0.3) is 0 Å². The van der Waals surface area contributed by atoms with Crippen LogP contribution in [0.4, 0.5) is 10.1 Å². The highest BCUT2D eigenvalue weighted by molar-refractivity contribution is 7.99. The molecular weight excluding hydrogens is 439 g/mol. The van der Waals surface area contributed by atoms with Crippen LogP contribution < -0.4 is 10.5 Å². The van der Waals surface area contributed by atoms with E-state index in [0.29, 0.717) is 48.3 Å². The molecule has 0 spiro atoms. The van der Waals surface area contributed by atoms with Crippen molar-refractivity contribution in [2.75, 3.05) is 31.1 Å². The van der Waals surface area contributed by atoms with Gasteiger partial charge < -0.3 is 14.8 Å². The molecule has 1 aliphatic rings. The lowest BCUT2D eigenvalue weighted by Gasteiger charge is -2.36. The molecule has 1 atom stereocenters. The fourth-order valence-corrected chi connectivity index (χ4v) is 4.95. The highest BCUT2D eigenvalue weighted by atomic mass is 32.2. The Morgan fingerprint density at radius 1 is 1.09 bits per heavy atom. The number of aromatic nitrogens is 2. The molecule has 8 heteroatoms. The molecular formula is C25H27FN4O2S. The van der Waals surface area contributed by atoms with Gasteiger partial charge in [-0.1, -0.05) is 54.2 Å². The second-order valence-corrected chi connectivity index (χ2v) is 9.43. The van der Waals surface area contributed by atoms with E-state index in [4.69, 9.17) is 0 Å². The van der Waals surface area contributed by atoms with Gasteiger partial charge in [0.25, 0.3) is 5.56 Å². The first kappa shape index (κ1) is 23.0. The molecule has 1 aromatic heterocycles. The van der Waals surface area contributed by atoms with Crippen molar-refractivity contribution in [3.05, 3.63) is 87.6 Å². The summed E-state index contributed by atoms with van der Waals surface area (Å²) in [5.74, 6) is -0.373. The molecule has 2 aromatic carbocycles. The summed E-state index contributed by atoms with van der Waals surface area (Å²) in [7, 11) is 0. The van der Waals surface area contributed by atoms with Crippen molar-refractivity contribution in [1.82, 2.24) is 14.9 Å². The van der Waals surface area contributed by atoms with Crippen LogP contribution in [0.5, 0.6) is 0 Å². The molecule has 1 amide bonds. The molecule has 0 radical (unpaired) electrons. The Morgan fingerprint density at radius 2 is 1.76 bits per heavy atom. The molecule has 3 aromatic rings. The van der Waals surface area contributed by atoms with Gasteiger partial charge in [0.05, 0.1) is 12.1 Å². The van der Waals surface area contributed by atoms with E-state index in [2.05, 4.69) is 16.9 Å². The van der Waals surface area contributed by atoms with Gasteiger partial charge in [0.15, 0.2) is 5.16 Å². The van der Waals surface area contributed by atoms with Gasteiger partial charge in [-0.2, -0.15) is 0 Å². The normalized spacial score (nSPS) is 14.9.